The summed E-state index contributed by atoms with van der Waals surface area (Å²) in [5.74, 6) is -2.26. The molecule has 0 saturated heterocycles. The molecular formula is C16H14ClF2NO. The number of halogens is 3. The number of hydrogen-bond donors (Lipinski definition) is 0. The maximum atomic E-state index is 13.5. The molecule has 0 saturated carbocycles. The van der Waals surface area contributed by atoms with E-state index in [1.54, 1.807) is 24.1 Å². The Morgan fingerprint density at radius 3 is 2.38 bits per heavy atom. The predicted molar refractivity (Wildman–Crippen MR) is 78.5 cm³/mol. The normalized spacial score (nSPS) is 10.9. The Labute approximate surface area is 127 Å². The van der Waals surface area contributed by atoms with Crippen molar-refractivity contribution in [2.45, 2.75) is 6.54 Å². The highest BCUT2D eigenvalue weighted by atomic mass is 35.5. The van der Waals surface area contributed by atoms with Gasteiger partial charge >= 0.3 is 0 Å². The fourth-order valence-corrected chi connectivity index (χ4v) is 2.30. The van der Waals surface area contributed by atoms with E-state index >= 15 is 0 Å². The first-order valence-electron chi connectivity index (χ1n) is 6.37. The average molecular weight is 310 g/mol. The van der Waals surface area contributed by atoms with E-state index in [1.807, 2.05) is 12.1 Å². The van der Waals surface area contributed by atoms with Crippen molar-refractivity contribution in [2.75, 3.05) is 13.6 Å². The summed E-state index contributed by atoms with van der Waals surface area (Å²) in [6, 6.07) is 10.6. The number of hydrogen-bond acceptors (Lipinski definition) is 2. The van der Waals surface area contributed by atoms with Crippen molar-refractivity contribution in [2.24, 2.45) is 0 Å². The lowest BCUT2D eigenvalue weighted by Gasteiger charge is -2.16. The molecule has 0 aromatic heterocycles. The van der Waals surface area contributed by atoms with Crippen molar-refractivity contribution in [1.29, 1.82) is 0 Å². The first-order valence-corrected chi connectivity index (χ1v) is 6.75. The van der Waals surface area contributed by atoms with Crippen LogP contribution in [0.1, 0.15) is 15.9 Å². The number of rotatable bonds is 5. The second-order valence-corrected chi connectivity index (χ2v) is 5.26. The first-order chi connectivity index (χ1) is 9.97. The molecule has 0 atom stereocenters. The van der Waals surface area contributed by atoms with Gasteiger partial charge in [0, 0.05) is 11.6 Å². The zero-order valence-corrected chi connectivity index (χ0v) is 12.2. The molecule has 5 heteroatoms. The zero-order chi connectivity index (χ0) is 15.4. The summed E-state index contributed by atoms with van der Waals surface area (Å²) >= 11 is 5.89. The number of benzene rings is 2. The number of ketones is 1. The molecule has 0 amide bonds. The molecule has 0 radical (unpaired) electrons. The molecule has 0 bridgehead atoms. The summed E-state index contributed by atoms with van der Waals surface area (Å²) in [6.45, 7) is 0.382. The van der Waals surface area contributed by atoms with Gasteiger partial charge in [-0.25, -0.2) is 8.78 Å². The smallest absolute Gasteiger partial charge is 0.182 e. The lowest BCUT2D eigenvalue weighted by atomic mass is 10.1. The van der Waals surface area contributed by atoms with Gasteiger partial charge in [-0.15, -0.1) is 0 Å². The molecule has 0 heterocycles. The lowest BCUT2D eigenvalue weighted by Crippen LogP contribution is -2.26. The van der Waals surface area contributed by atoms with Gasteiger partial charge in [-0.05, 0) is 36.9 Å². The topological polar surface area (TPSA) is 20.3 Å². The van der Waals surface area contributed by atoms with E-state index in [-0.39, 0.29) is 6.54 Å². The third-order valence-electron chi connectivity index (χ3n) is 3.00. The molecule has 2 aromatic rings. The van der Waals surface area contributed by atoms with Gasteiger partial charge in [0.2, 0.25) is 0 Å². The van der Waals surface area contributed by atoms with E-state index in [0.29, 0.717) is 11.6 Å². The van der Waals surface area contributed by atoms with Crippen molar-refractivity contribution in [3.63, 3.8) is 0 Å². The third kappa shape index (κ3) is 4.09. The summed E-state index contributed by atoms with van der Waals surface area (Å²) < 4.78 is 27.1. The molecule has 2 aromatic carbocycles. The van der Waals surface area contributed by atoms with Crippen LogP contribution in [0.5, 0.6) is 0 Å². The van der Waals surface area contributed by atoms with Crippen molar-refractivity contribution < 1.29 is 13.6 Å². The molecule has 0 unspecified atom stereocenters. The van der Waals surface area contributed by atoms with Gasteiger partial charge in [-0.2, -0.15) is 0 Å². The molecule has 21 heavy (non-hydrogen) atoms. The number of likely N-dealkylation sites (N-methyl/N-ethyl adjacent to an activating group) is 1. The van der Waals surface area contributed by atoms with E-state index in [4.69, 9.17) is 11.6 Å². The predicted octanol–water partition coefficient (Wildman–Crippen LogP) is 3.93. The summed E-state index contributed by atoms with van der Waals surface area (Å²) in [6.07, 6.45) is 0. The summed E-state index contributed by atoms with van der Waals surface area (Å²) in [7, 11) is 1.71. The Kier molecular flexibility index (Phi) is 5.04. The van der Waals surface area contributed by atoms with E-state index in [9.17, 15) is 13.6 Å². The quantitative estimate of drug-likeness (QED) is 0.780. The van der Waals surface area contributed by atoms with Crippen LogP contribution in [0.3, 0.4) is 0 Å². The Hall–Kier alpha value is -1.78. The lowest BCUT2D eigenvalue weighted by molar-refractivity contribution is 0.0934. The van der Waals surface area contributed by atoms with Crippen LogP contribution < -0.4 is 0 Å². The number of carbonyl (C=O) groups excluding carboxylic acids is 1. The summed E-state index contributed by atoms with van der Waals surface area (Å²) in [5, 5.41) is 0.604. The van der Waals surface area contributed by atoms with Crippen LogP contribution in [0.2, 0.25) is 5.02 Å². The monoisotopic (exact) mass is 309 g/mol. The van der Waals surface area contributed by atoms with Crippen molar-refractivity contribution in [3.8, 4) is 0 Å². The largest absolute Gasteiger partial charge is 0.295 e. The number of nitrogens with zero attached hydrogens (tertiary/aromatic N) is 1. The number of carbonyl (C=O) groups is 1. The van der Waals surface area contributed by atoms with Crippen molar-refractivity contribution in [1.82, 2.24) is 4.90 Å². The average Bonchev–Trinajstić information content (AvgIpc) is 2.38. The highest BCUT2D eigenvalue weighted by Crippen LogP contribution is 2.15. The standard InChI is InChI=1S/C16H14ClF2NO/c1-20(9-11-4-2-5-12(17)8-11)10-15(21)16-13(18)6-3-7-14(16)19/h2-8H,9-10H2,1H3. The highest BCUT2D eigenvalue weighted by molar-refractivity contribution is 6.30. The molecule has 2 rings (SSSR count). The van der Waals surface area contributed by atoms with Gasteiger partial charge in [0.25, 0.3) is 0 Å². The zero-order valence-electron chi connectivity index (χ0n) is 11.4. The Balaban J connectivity index is 2.06. The molecule has 110 valence electrons. The Morgan fingerprint density at radius 2 is 1.76 bits per heavy atom. The van der Waals surface area contributed by atoms with Crippen LogP contribution in [0.4, 0.5) is 8.78 Å². The van der Waals surface area contributed by atoms with E-state index < -0.39 is 23.0 Å². The minimum Gasteiger partial charge on any atom is -0.295 e. The van der Waals surface area contributed by atoms with Gasteiger partial charge in [-0.1, -0.05) is 29.8 Å². The molecule has 2 nitrogen and oxygen atoms in total. The molecule has 0 N–H and O–H groups in total. The minimum absolute atomic E-state index is 0.0790. The van der Waals surface area contributed by atoms with Crippen LogP contribution in [0, 0.1) is 11.6 Å². The van der Waals surface area contributed by atoms with Gasteiger partial charge < -0.3 is 0 Å². The van der Waals surface area contributed by atoms with Crippen LogP contribution in [0.25, 0.3) is 0 Å². The number of Topliss-reactive ketones (excluding diaryl/α,β-unsaturated/α-hetero) is 1. The Bertz CT molecular complexity index is 640. The van der Waals surface area contributed by atoms with Crippen LogP contribution >= 0.6 is 11.6 Å². The van der Waals surface area contributed by atoms with Crippen molar-refractivity contribution in [3.05, 3.63) is 70.2 Å². The van der Waals surface area contributed by atoms with E-state index in [2.05, 4.69) is 0 Å². The maximum absolute atomic E-state index is 13.5. The van der Waals surface area contributed by atoms with E-state index in [0.717, 1.165) is 17.7 Å². The summed E-state index contributed by atoms with van der Waals surface area (Å²) in [5.41, 5.74) is 0.433. The van der Waals surface area contributed by atoms with Crippen LogP contribution in [0.15, 0.2) is 42.5 Å². The third-order valence-corrected chi connectivity index (χ3v) is 3.23. The minimum atomic E-state index is -0.837. The van der Waals surface area contributed by atoms with Gasteiger partial charge in [0.1, 0.15) is 11.6 Å². The van der Waals surface area contributed by atoms with Gasteiger partial charge in [0.15, 0.2) is 5.78 Å². The molecule has 0 aliphatic carbocycles. The molecule has 0 aliphatic heterocycles. The van der Waals surface area contributed by atoms with E-state index in [1.165, 1.54) is 6.07 Å². The van der Waals surface area contributed by atoms with Gasteiger partial charge in [0.05, 0.1) is 12.1 Å². The maximum Gasteiger partial charge on any atom is 0.182 e. The molecule has 0 fully saturated rings. The fourth-order valence-electron chi connectivity index (χ4n) is 2.09. The fraction of sp³-hybridized carbons (Fsp3) is 0.188. The van der Waals surface area contributed by atoms with Gasteiger partial charge in [-0.3, -0.25) is 9.69 Å². The highest BCUT2D eigenvalue weighted by Gasteiger charge is 2.18. The van der Waals surface area contributed by atoms with Crippen LogP contribution in [-0.2, 0) is 6.54 Å². The second kappa shape index (κ2) is 6.78. The van der Waals surface area contributed by atoms with Crippen molar-refractivity contribution >= 4 is 17.4 Å². The first kappa shape index (κ1) is 15.6. The summed E-state index contributed by atoms with van der Waals surface area (Å²) in [4.78, 5) is 13.7. The van der Waals surface area contributed by atoms with Crippen LogP contribution in [-0.4, -0.2) is 24.3 Å². The molecule has 0 spiro atoms. The SMILES string of the molecule is CN(CC(=O)c1c(F)cccc1F)Cc1cccc(Cl)c1. The molecule has 0 aliphatic rings. The second-order valence-electron chi connectivity index (χ2n) is 4.82. The molecular weight excluding hydrogens is 296 g/mol. The Morgan fingerprint density at radius 1 is 1.14 bits per heavy atom.